The van der Waals surface area contributed by atoms with Crippen LogP contribution in [0.25, 0.3) is 0 Å². The average Bonchev–Trinajstić information content (AvgIpc) is 3.34. The van der Waals surface area contributed by atoms with E-state index < -0.39 is 6.10 Å². The summed E-state index contributed by atoms with van der Waals surface area (Å²) in [7, 11) is 0. The van der Waals surface area contributed by atoms with Gasteiger partial charge in [-0.1, -0.05) is 226 Å². The van der Waals surface area contributed by atoms with Crippen molar-refractivity contribution in [1.82, 2.24) is 0 Å². The molecule has 0 aliphatic carbocycles. The molecule has 0 heterocycles. The SMILES string of the molecule is CC/C=C\C/C=C\C/C=C\C/C=C\C/C=C\C/C=C\C/C=C\C/C=C\CCCCCCC(=O)OCC(COC(=O)CCCCCCCC)OC(=O)CCCCCCC/C=C\CCCCCCCC. The fourth-order valence-electron chi connectivity index (χ4n) is 7.33. The van der Waals surface area contributed by atoms with Crippen LogP contribution in [-0.4, -0.2) is 37.2 Å². The highest BCUT2D eigenvalue weighted by Crippen LogP contribution is 2.13. The van der Waals surface area contributed by atoms with Crippen molar-refractivity contribution in [1.29, 1.82) is 0 Å². The Bertz CT molecular complexity index is 1410. The van der Waals surface area contributed by atoms with Crippen molar-refractivity contribution in [3.8, 4) is 0 Å². The Morgan fingerprint density at radius 2 is 0.574 bits per heavy atom. The van der Waals surface area contributed by atoms with Gasteiger partial charge in [-0.25, -0.2) is 0 Å². The number of ether oxygens (including phenoxy) is 3. The molecule has 0 radical (unpaired) electrons. The van der Waals surface area contributed by atoms with Gasteiger partial charge in [0.25, 0.3) is 0 Å². The lowest BCUT2D eigenvalue weighted by Gasteiger charge is -2.18. The zero-order chi connectivity index (χ0) is 49.3. The van der Waals surface area contributed by atoms with E-state index in [-0.39, 0.29) is 31.1 Å². The third-order valence-electron chi connectivity index (χ3n) is 11.5. The van der Waals surface area contributed by atoms with Crippen LogP contribution in [-0.2, 0) is 28.6 Å². The van der Waals surface area contributed by atoms with Gasteiger partial charge >= 0.3 is 17.9 Å². The molecule has 6 nitrogen and oxygen atoms in total. The highest BCUT2D eigenvalue weighted by molar-refractivity contribution is 5.71. The number of unbranched alkanes of at least 4 members (excludes halogenated alkanes) is 20. The predicted molar refractivity (Wildman–Crippen MR) is 293 cm³/mol. The van der Waals surface area contributed by atoms with E-state index in [1.165, 1.54) is 70.6 Å². The maximum Gasteiger partial charge on any atom is 0.306 e. The van der Waals surface area contributed by atoms with Crippen LogP contribution in [0.15, 0.2) is 109 Å². The van der Waals surface area contributed by atoms with E-state index in [1.807, 2.05) is 0 Å². The minimum absolute atomic E-state index is 0.0904. The van der Waals surface area contributed by atoms with E-state index in [2.05, 4.69) is 130 Å². The molecular formula is C62H102O6. The number of allylic oxidation sites excluding steroid dienone is 18. The lowest BCUT2D eigenvalue weighted by Crippen LogP contribution is -2.30. The summed E-state index contributed by atoms with van der Waals surface area (Å²) in [5.41, 5.74) is 0. The molecule has 0 saturated heterocycles. The molecule has 0 N–H and O–H groups in total. The van der Waals surface area contributed by atoms with Gasteiger partial charge in [0.05, 0.1) is 0 Å². The van der Waals surface area contributed by atoms with Crippen LogP contribution in [0.4, 0.5) is 0 Å². The third kappa shape index (κ3) is 53.0. The standard InChI is InChI=1S/C62H102O6/c1-4-7-10-13-16-18-20-22-24-25-26-27-28-29-30-31-32-33-34-35-36-37-39-40-42-44-46-49-52-55-61(64)67-58-59(57-66-60(63)54-51-48-15-12-9-6-3)68-62(65)56-53-50-47-45-43-41-38-23-21-19-17-14-11-8-5-2/h7,10,16,18,22-24,26-27,29-30,32-33,35-36,38-40,59H,4-6,8-9,11-15,17,19-21,25,28,31,34,37,41-58H2,1-3H3/b10-7-,18-16-,24-22-,27-26-,30-29-,33-32-,36-35-,38-23-,40-39-. The Morgan fingerprint density at radius 1 is 0.309 bits per heavy atom. The van der Waals surface area contributed by atoms with Crippen molar-refractivity contribution in [3.63, 3.8) is 0 Å². The predicted octanol–water partition coefficient (Wildman–Crippen LogP) is 18.7. The summed E-state index contributed by atoms with van der Waals surface area (Å²) < 4.78 is 16.7. The maximum atomic E-state index is 12.8. The molecule has 0 fully saturated rings. The summed E-state index contributed by atoms with van der Waals surface area (Å²) in [6.07, 6.45) is 75.4. The van der Waals surface area contributed by atoms with E-state index in [0.29, 0.717) is 19.3 Å². The molecule has 6 heteroatoms. The lowest BCUT2D eigenvalue weighted by atomic mass is 10.1. The van der Waals surface area contributed by atoms with Crippen molar-refractivity contribution in [2.75, 3.05) is 13.2 Å². The second kappa shape index (κ2) is 55.7. The maximum absolute atomic E-state index is 12.8. The van der Waals surface area contributed by atoms with Gasteiger partial charge in [-0.15, -0.1) is 0 Å². The molecule has 0 bridgehead atoms. The molecule has 0 aromatic heterocycles. The second-order valence-corrected chi connectivity index (χ2v) is 18.1. The van der Waals surface area contributed by atoms with Crippen molar-refractivity contribution >= 4 is 17.9 Å². The topological polar surface area (TPSA) is 78.9 Å². The number of carbonyl (C=O) groups excluding carboxylic acids is 3. The molecule has 1 atom stereocenters. The first-order valence-corrected chi connectivity index (χ1v) is 27.9. The van der Waals surface area contributed by atoms with Gasteiger partial charge in [0, 0.05) is 19.3 Å². The van der Waals surface area contributed by atoms with Crippen LogP contribution in [0.1, 0.15) is 245 Å². The zero-order valence-electron chi connectivity index (χ0n) is 44.1. The molecule has 1 unspecified atom stereocenters. The van der Waals surface area contributed by atoms with E-state index in [4.69, 9.17) is 14.2 Å². The summed E-state index contributed by atoms with van der Waals surface area (Å²) >= 11 is 0. The normalized spacial score (nSPS) is 12.9. The minimum Gasteiger partial charge on any atom is -0.462 e. The van der Waals surface area contributed by atoms with Crippen LogP contribution in [0.3, 0.4) is 0 Å². The first kappa shape index (κ1) is 64.1. The molecule has 0 aliphatic rings. The Balaban J connectivity index is 4.22. The Labute approximate surface area is 419 Å². The lowest BCUT2D eigenvalue weighted by molar-refractivity contribution is -0.167. The van der Waals surface area contributed by atoms with Gasteiger partial charge in [0.2, 0.25) is 0 Å². The van der Waals surface area contributed by atoms with E-state index >= 15 is 0 Å². The number of carbonyl (C=O) groups is 3. The summed E-state index contributed by atoms with van der Waals surface area (Å²) in [6.45, 7) is 6.42. The van der Waals surface area contributed by atoms with Crippen LogP contribution in [0, 0.1) is 0 Å². The van der Waals surface area contributed by atoms with Crippen LogP contribution < -0.4 is 0 Å². The van der Waals surface area contributed by atoms with Crippen LogP contribution in [0.2, 0.25) is 0 Å². The van der Waals surface area contributed by atoms with E-state index in [1.54, 1.807) is 0 Å². The Kier molecular flexibility index (Phi) is 52.4. The van der Waals surface area contributed by atoms with Gasteiger partial charge in [-0.3, -0.25) is 14.4 Å². The molecule has 0 aromatic rings. The second-order valence-electron chi connectivity index (χ2n) is 18.1. The fourth-order valence-corrected chi connectivity index (χ4v) is 7.33. The van der Waals surface area contributed by atoms with Gasteiger partial charge < -0.3 is 14.2 Å². The van der Waals surface area contributed by atoms with Crippen molar-refractivity contribution < 1.29 is 28.6 Å². The quantitative estimate of drug-likeness (QED) is 0.0262. The van der Waals surface area contributed by atoms with E-state index in [0.717, 1.165) is 135 Å². The largest absolute Gasteiger partial charge is 0.462 e. The molecule has 0 amide bonds. The molecule has 386 valence electrons. The molecule has 68 heavy (non-hydrogen) atoms. The van der Waals surface area contributed by atoms with Crippen LogP contribution in [0.5, 0.6) is 0 Å². The minimum atomic E-state index is -0.790. The summed E-state index contributed by atoms with van der Waals surface area (Å²) in [4.78, 5) is 37.8. The number of esters is 3. The monoisotopic (exact) mass is 943 g/mol. The van der Waals surface area contributed by atoms with E-state index in [9.17, 15) is 14.4 Å². The van der Waals surface area contributed by atoms with Gasteiger partial charge in [0.15, 0.2) is 6.10 Å². The smallest absolute Gasteiger partial charge is 0.306 e. The molecule has 0 aromatic carbocycles. The molecule has 0 spiro atoms. The Hall–Kier alpha value is -3.93. The molecule has 0 saturated carbocycles. The summed E-state index contributed by atoms with van der Waals surface area (Å²) in [5.74, 6) is -0.938. The first-order chi connectivity index (χ1) is 33.5. The summed E-state index contributed by atoms with van der Waals surface area (Å²) in [6, 6.07) is 0. The van der Waals surface area contributed by atoms with Crippen molar-refractivity contribution in [2.45, 2.75) is 252 Å². The highest BCUT2D eigenvalue weighted by atomic mass is 16.6. The third-order valence-corrected chi connectivity index (χ3v) is 11.5. The number of rotatable bonds is 49. The number of hydrogen-bond donors (Lipinski definition) is 0. The molecular weight excluding hydrogens is 841 g/mol. The first-order valence-electron chi connectivity index (χ1n) is 27.9. The average molecular weight is 943 g/mol. The number of hydrogen-bond acceptors (Lipinski definition) is 6. The molecule has 0 aliphatic heterocycles. The summed E-state index contributed by atoms with van der Waals surface area (Å²) in [5, 5.41) is 0. The van der Waals surface area contributed by atoms with Crippen LogP contribution >= 0.6 is 0 Å². The molecule has 0 rings (SSSR count). The van der Waals surface area contributed by atoms with Gasteiger partial charge in [-0.2, -0.15) is 0 Å². The highest BCUT2D eigenvalue weighted by Gasteiger charge is 2.19. The van der Waals surface area contributed by atoms with Crippen molar-refractivity contribution in [3.05, 3.63) is 109 Å². The zero-order valence-corrected chi connectivity index (χ0v) is 44.1. The Morgan fingerprint density at radius 3 is 0.912 bits per heavy atom. The van der Waals surface area contributed by atoms with Crippen molar-refractivity contribution in [2.24, 2.45) is 0 Å². The van der Waals surface area contributed by atoms with Gasteiger partial charge in [0.1, 0.15) is 13.2 Å². The fraction of sp³-hybridized carbons (Fsp3) is 0.661. The van der Waals surface area contributed by atoms with Gasteiger partial charge in [-0.05, 0) is 109 Å².